The van der Waals surface area contributed by atoms with Crippen LogP contribution in [0, 0.1) is 22.6 Å². The molecular formula is C18H26FN. The van der Waals surface area contributed by atoms with E-state index in [1.54, 1.807) is 12.1 Å². The molecule has 2 bridgehead atoms. The van der Waals surface area contributed by atoms with Crippen LogP contribution in [0.15, 0.2) is 24.3 Å². The van der Waals surface area contributed by atoms with Crippen LogP contribution in [-0.4, -0.2) is 12.6 Å². The van der Waals surface area contributed by atoms with Gasteiger partial charge in [0.25, 0.3) is 0 Å². The van der Waals surface area contributed by atoms with E-state index in [-0.39, 0.29) is 5.82 Å². The van der Waals surface area contributed by atoms with Crippen molar-refractivity contribution in [2.24, 2.45) is 16.7 Å². The quantitative estimate of drug-likeness (QED) is 0.869. The van der Waals surface area contributed by atoms with Gasteiger partial charge in [-0.05, 0) is 66.7 Å². The lowest BCUT2D eigenvalue weighted by Gasteiger charge is -2.43. The minimum absolute atomic E-state index is 0.150. The highest BCUT2D eigenvalue weighted by atomic mass is 19.1. The Bertz CT molecular complexity index is 474. The molecule has 3 atom stereocenters. The Hall–Kier alpha value is -0.890. The second-order valence-corrected chi connectivity index (χ2v) is 7.68. The summed E-state index contributed by atoms with van der Waals surface area (Å²) in [7, 11) is 0. The van der Waals surface area contributed by atoms with E-state index in [2.05, 4.69) is 26.1 Å². The maximum absolute atomic E-state index is 12.9. The third-order valence-electron chi connectivity index (χ3n) is 5.95. The largest absolute Gasteiger partial charge is 0.313 e. The third-order valence-corrected chi connectivity index (χ3v) is 5.95. The molecule has 2 heteroatoms. The van der Waals surface area contributed by atoms with Crippen LogP contribution in [0.3, 0.4) is 0 Å². The normalized spacial score (nSPS) is 34.6. The summed E-state index contributed by atoms with van der Waals surface area (Å²) < 4.78 is 12.9. The van der Waals surface area contributed by atoms with E-state index in [0.29, 0.717) is 16.9 Å². The Labute approximate surface area is 122 Å². The first kappa shape index (κ1) is 14.1. The van der Waals surface area contributed by atoms with E-state index in [1.807, 2.05) is 12.1 Å². The summed E-state index contributed by atoms with van der Waals surface area (Å²) in [5.41, 5.74) is 2.11. The number of halogens is 1. The standard InChI is InChI=1S/C18H26FN/c1-17(2)14-8-10-18(3,12-14)16(17)20-11-9-13-4-6-15(19)7-5-13/h4-7,14,16,20H,8-12H2,1-3H3. The molecule has 0 radical (unpaired) electrons. The molecule has 2 saturated carbocycles. The average Bonchev–Trinajstić information content (AvgIpc) is 2.87. The van der Waals surface area contributed by atoms with Crippen LogP contribution < -0.4 is 5.32 Å². The molecule has 3 rings (SSSR count). The zero-order valence-corrected chi connectivity index (χ0v) is 12.9. The molecule has 1 nitrogen and oxygen atoms in total. The lowest BCUT2D eigenvalue weighted by atomic mass is 9.68. The number of hydrogen-bond acceptors (Lipinski definition) is 1. The van der Waals surface area contributed by atoms with Gasteiger partial charge in [-0.15, -0.1) is 0 Å². The maximum atomic E-state index is 12.9. The number of nitrogens with one attached hydrogen (secondary N) is 1. The molecule has 0 saturated heterocycles. The molecule has 0 amide bonds. The fourth-order valence-corrected chi connectivity index (χ4v) is 4.82. The molecule has 0 spiro atoms. The number of benzene rings is 1. The first-order valence-electron chi connectivity index (χ1n) is 7.90. The van der Waals surface area contributed by atoms with Gasteiger partial charge in [0.15, 0.2) is 0 Å². The van der Waals surface area contributed by atoms with Crippen molar-refractivity contribution in [3.63, 3.8) is 0 Å². The molecule has 1 N–H and O–H groups in total. The smallest absolute Gasteiger partial charge is 0.123 e. The van der Waals surface area contributed by atoms with Gasteiger partial charge in [-0.3, -0.25) is 0 Å². The van der Waals surface area contributed by atoms with Crippen molar-refractivity contribution in [1.82, 2.24) is 5.32 Å². The van der Waals surface area contributed by atoms with Crippen molar-refractivity contribution < 1.29 is 4.39 Å². The van der Waals surface area contributed by atoms with E-state index < -0.39 is 0 Å². The monoisotopic (exact) mass is 275 g/mol. The minimum atomic E-state index is -0.150. The SMILES string of the molecule is CC12CCC(C1)C(C)(C)C2NCCc1ccc(F)cc1. The first-order chi connectivity index (χ1) is 9.42. The lowest BCUT2D eigenvalue weighted by Crippen LogP contribution is -2.50. The van der Waals surface area contributed by atoms with Crippen molar-refractivity contribution in [3.8, 4) is 0 Å². The van der Waals surface area contributed by atoms with Crippen LogP contribution >= 0.6 is 0 Å². The van der Waals surface area contributed by atoms with E-state index >= 15 is 0 Å². The van der Waals surface area contributed by atoms with Crippen LogP contribution in [0.4, 0.5) is 4.39 Å². The van der Waals surface area contributed by atoms with Crippen LogP contribution in [0.1, 0.15) is 45.6 Å². The third kappa shape index (κ3) is 2.28. The van der Waals surface area contributed by atoms with Crippen LogP contribution in [0.25, 0.3) is 0 Å². The molecule has 0 aromatic heterocycles. The molecule has 2 aliphatic rings. The van der Waals surface area contributed by atoms with Gasteiger partial charge in [0.1, 0.15) is 5.82 Å². The van der Waals surface area contributed by atoms with E-state index in [1.165, 1.54) is 24.8 Å². The van der Waals surface area contributed by atoms with Gasteiger partial charge in [0, 0.05) is 6.04 Å². The summed E-state index contributed by atoms with van der Waals surface area (Å²) >= 11 is 0. The highest BCUT2D eigenvalue weighted by Crippen LogP contribution is 2.62. The topological polar surface area (TPSA) is 12.0 Å². The van der Waals surface area contributed by atoms with Gasteiger partial charge in [-0.2, -0.15) is 0 Å². The van der Waals surface area contributed by atoms with Gasteiger partial charge >= 0.3 is 0 Å². The Balaban J connectivity index is 1.60. The van der Waals surface area contributed by atoms with Gasteiger partial charge in [-0.1, -0.05) is 32.9 Å². The molecule has 1 aromatic rings. The fraction of sp³-hybridized carbons (Fsp3) is 0.667. The molecule has 110 valence electrons. The van der Waals surface area contributed by atoms with Crippen LogP contribution in [0.5, 0.6) is 0 Å². The Morgan fingerprint density at radius 3 is 2.50 bits per heavy atom. The molecule has 2 aliphatic carbocycles. The van der Waals surface area contributed by atoms with Gasteiger partial charge in [0.05, 0.1) is 0 Å². The first-order valence-corrected chi connectivity index (χ1v) is 7.90. The van der Waals surface area contributed by atoms with Crippen molar-refractivity contribution in [2.75, 3.05) is 6.54 Å². The van der Waals surface area contributed by atoms with Gasteiger partial charge in [0.2, 0.25) is 0 Å². The summed E-state index contributed by atoms with van der Waals surface area (Å²) in [6.07, 6.45) is 5.14. The molecule has 0 aliphatic heterocycles. The number of hydrogen-bond donors (Lipinski definition) is 1. The second kappa shape index (κ2) is 4.84. The summed E-state index contributed by atoms with van der Waals surface area (Å²) in [5.74, 6) is 0.735. The van der Waals surface area contributed by atoms with E-state index in [9.17, 15) is 4.39 Å². The highest BCUT2D eigenvalue weighted by Gasteiger charge is 2.58. The van der Waals surface area contributed by atoms with Crippen LogP contribution in [-0.2, 0) is 6.42 Å². The fourth-order valence-electron chi connectivity index (χ4n) is 4.82. The zero-order chi connectivity index (χ0) is 14.4. The summed E-state index contributed by atoms with van der Waals surface area (Å²) in [5, 5.41) is 3.81. The van der Waals surface area contributed by atoms with Gasteiger partial charge < -0.3 is 5.32 Å². The van der Waals surface area contributed by atoms with Crippen molar-refractivity contribution in [2.45, 2.75) is 52.5 Å². The average molecular weight is 275 g/mol. The van der Waals surface area contributed by atoms with Crippen molar-refractivity contribution in [3.05, 3.63) is 35.6 Å². The Morgan fingerprint density at radius 1 is 1.20 bits per heavy atom. The number of rotatable bonds is 4. The summed E-state index contributed by atoms with van der Waals surface area (Å²) in [6, 6.07) is 7.51. The molecular weight excluding hydrogens is 249 g/mol. The van der Waals surface area contributed by atoms with Crippen molar-refractivity contribution >= 4 is 0 Å². The van der Waals surface area contributed by atoms with Crippen molar-refractivity contribution in [1.29, 1.82) is 0 Å². The van der Waals surface area contributed by atoms with E-state index in [4.69, 9.17) is 0 Å². The molecule has 20 heavy (non-hydrogen) atoms. The summed E-state index contributed by atoms with van der Waals surface area (Å²) in [6.45, 7) is 8.30. The molecule has 1 aromatic carbocycles. The number of fused-ring (bicyclic) bond motifs is 2. The predicted octanol–water partition coefficient (Wildman–Crippen LogP) is 4.17. The maximum Gasteiger partial charge on any atom is 0.123 e. The minimum Gasteiger partial charge on any atom is -0.313 e. The zero-order valence-electron chi connectivity index (χ0n) is 12.9. The predicted molar refractivity (Wildman–Crippen MR) is 81.1 cm³/mol. The molecule has 2 fully saturated rings. The van der Waals surface area contributed by atoms with Gasteiger partial charge in [-0.25, -0.2) is 4.39 Å². The highest BCUT2D eigenvalue weighted by molar-refractivity contribution is 5.17. The summed E-state index contributed by atoms with van der Waals surface area (Å²) in [4.78, 5) is 0. The van der Waals surface area contributed by atoms with Crippen LogP contribution in [0.2, 0.25) is 0 Å². The second-order valence-electron chi connectivity index (χ2n) is 7.68. The van der Waals surface area contributed by atoms with E-state index in [0.717, 1.165) is 18.9 Å². The molecule has 0 heterocycles. The Morgan fingerprint density at radius 2 is 1.90 bits per heavy atom. The lowest BCUT2D eigenvalue weighted by molar-refractivity contribution is 0.110. The Kier molecular flexibility index (Phi) is 3.40. The molecule has 3 unspecified atom stereocenters.